The van der Waals surface area contributed by atoms with Gasteiger partial charge in [0.25, 0.3) is 0 Å². The Kier molecular flexibility index (Phi) is 5.63. The van der Waals surface area contributed by atoms with Crippen molar-refractivity contribution in [1.29, 1.82) is 0 Å². The van der Waals surface area contributed by atoms with Gasteiger partial charge in [-0.3, -0.25) is 0 Å². The van der Waals surface area contributed by atoms with Gasteiger partial charge in [-0.1, -0.05) is 30.3 Å². The van der Waals surface area contributed by atoms with Crippen LogP contribution in [0.4, 0.5) is 13.2 Å². The highest BCUT2D eigenvalue weighted by molar-refractivity contribution is 7.89. The average Bonchev–Trinajstić information content (AvgIpc) is 2.55. The Labute approximate surface area is 138 Å². The number of aliphatic hydroxyl groups excluding tert-OH is 1. The van der Waals surface area contributed by atoms with Gasteiger partial charge in [0.2, 0.25) is 10.0 Å². The van der Waals surface area contributed by atoms with Crippen LogP contribution in [0.25, 0.3) is 0 Å². The molecule has 0 saturated carbocycles. The van der Waals surface area contributed by atoms with Crippen LogP contribution in [0.1, 0.15) is 23.7 Å². The van der Waals surface area contributed by atoms with Gasteiger partial charge in [-0.05, 0) is 36.2 Å². The van der Waals surface area contributed by atoms with Crippen LogP contribution in [-0.2, 0) is 16.2 Å². The standard InChI is InChI=1S/C16H16F3NO3S/c17-16(18,19)13-6-8-14(9-7-13)24(22,23)20-11-10-15(21)12-4-2-1-3-5-12/h1-9,15,20-21H,10-11H2. The molecule has 0 aliphatic carbocycles. The first-order chi connectivity index (χ1) is 11.2. The van der Waals surface area contributed by atoms with Gasteiger partial charge in [0.05, 0.1) is 16.6 Å². The summed E-state index contributed by atoms with van der Waals surface area (Å²) in [5.74, 6) is 0. The highest BCUT2D eigenvalue weighted by Gasteiger charge is 2.30. The second-order valence-corrected chi connectivity index (χ2v) is 6.90. The summed E-state index contributed by atoms with van der Waals surface area (Å²) < 4.78 is 63.8. The maximum Gasteiger partial charge on any atom is 0.416 e. The van der Waals surface area contributed by atoms with Crippen molar-refractivity contribution in [2.24, 2.45) is 0 Å². The van der Waals surface area contributed by atoms with Gasteiger partial charge in [-0.2, -0.15) is 13.2 Å². The molecule has 1 atom stereocenters. The van der Waals surface area contributed by atoms with Gasteiger partial charge in [0, 0.05) is 6.54 Å². The summed E-state index contributed by atoms with van der Waals surface area (Å²) in [4.78, 5) is -0.260. The second kappa shape index (κ2) is 7.33. The first kappa shape index (κ1) is 18.4. The first-order valence-corrected chi connectivity index (χ1v) is 8.58. The van der Waals surface area contributed by atoms with Crippen LogP contribution < -0.4 is 4.72 Å². The van der Waals surface area contributed by atoms with E-state index in [0.717, 1.165) is 12.1 Å². The minimum Gasteiger partial charge on any atom is -0.388 e. The molecule has 0 amide bonds. The third-order valence-electron chi connectivity index (χ3n) is 3.39. The van der Waals surface area contributed by atoms with E-state index in [1.807, 2.05) is 0 Å². The third kappa shape index (κ3) is 4.80. The van der Waals surface area contributed by atoms with Gasteiger partial charge in [0.15, 0.2) is 0 Å². The molecule has 1 unspecified atom stereocenters. The molecule has 0 aliphatic rings. The highest BCUT2D eigenvalue weighted by Crippen LogP contribution is 2.29. The fourth-order valence-corrected chi connectivity index (χ4v) is 3.13. The molecular weight excluding hydrogens is 343 g/mol. The molecule has 2 aromatic rings. The van der Waals surface area contributed by atoms with Crippen LogP contribution in [0.3, 0.4) is 0 Å². The molecule has 2 rings (SSSR count). The SMILES string of the molecule is O=S(=O)(NCCC(O)c1ccccc1)c1ccc(C(F)(F)F)cc1. The second-order valence-electron chi connectivity index (χ2n) is 5.14. The number of sulfonamides is 1. The lowest BCUT2D eigenvalue weighted by atomic mass is 10.1. The van der Waals surface area contributed by atoms with E-state index < -0.39 is 27.9 Å². The van der Waals surface area contributed by atoms with Crippen LogP contribution in [-0.4, -0.2) is 20.1 Å². The van der Waals surface area contributed by atoms with Crippen LogP contribution in [0.5, 0.6) is 0 Å². The summed E-state index contributed by atoms with van der Waals surface area (Å²) in [6.45, 7) is -0.0422. The van der Waals surface area contributed by atoms with Crippen molar-refractivity contribution in [2.45, 2.75) is 23.6 Å². The van der Waals surface area contributed by atoms with Crippen molar-refractivity contribution in [2.75, 3.05) is 6.54 Å². The van der Waals surface area contributed by atoms with E-state index in [9.17, 15) is 26.7 Å². The smallest absolute Gasteiger partial charge is 0.388 e. The molecular formula is C16H16F3NO3S. The number of benzene rings is 2. The predicted molar refractivity (Wildman–Crippen MR) is 82.7 cm³/mol. The lowest BCUT2D eigenvalue weighted by Crippen LogP contribution is -2.26. The van der Waals surface area contributed by atoms with Crippen molar-refractivity contribution >= 4 is 10.0 Å². The fraction of sp³-hybridized carbons (Fsp3) is 0.250. The molecule has 0 saturated heterocycles. The summed E-state index contributed by atoms with van der Waals surface area (Å²) in [5.41, 5.74) is -0.257. The maximum absolute atomic E-state index is 12.5. The van der Waals surface area contributed by atoms with Crippen molar-refractivity contribution in [1.82, 2.24) is 4.72 Å². The molecule has 2 aromatic carbocycles. The lowest BCUT2D eigenvalue weighted by Gasteiger charge is -2.12. The summed E-state index contributed by atoms with van der Waals surface area (Å²) in [6, 6.07) is 12.0. The van der Waals surface area contributed by atoms with E-state index in [-0.39, 0.29) is 17.9 Å². The maximum atomic E-state index is 12.5. The first-order valence-electron chi connectivity index (χ1n) is 7.10. The molecule has 0 fully saturated rings. The van der Waals surface area contributed by atoms with Crippen molar-refractivity contribution in [3.8, 4) is 0 Å². The summed E-state index contributed by atoms with van der Waals surface area (Å²) in [6.07, 6.45) is -5.21. The molecule has 0 aliphatic heterocycles. The predicted octanol–water partition coefficient (Wildman–Crippen LogP) is 3.11. The quantitative estimate of drug-likeness (QED) is 0.833. The van der Waals surface area contributed by atoms with Gasteiger partial charge in [-0.15, -0.1) is 0 Å². The van der Waals surface area contributed by atoms with E-state index in [1.54, 1.807) is 30.3 Å². The number of halogens is 3. The molecule has 0 bridgehead atoms. The molecule has 24 heavy (non-hydrogen) atoms. The molecule has 0 radical (unpaired) electrons. The van der Waals surface area contributed by atoms with Crippen LogP contribution in [0.2, 0.25) is 0 Å². The largest absolute Gasteiger partial charge is 0.416 e. The van der Waals surface area contributed by atoms with Crippen molar-refractivity contribution in [3.63, 3.8) is 0 Å². The molecule has 0 heterocycles. The monoisotopic (exact) mass is 359 g/mol. The van der Waals surface area contributed by atoms with Gasteiger partial charge in [-0.25, -0.2) is 13.1 Å². The van der Waals surface area contributed by atoms with E-state index >= 15 is 0 Å². The molecule has 0 spiro atoms. The van der Waals surface area contributed by atoms with E-state index in [1.165, 1.54) is 0 Å². The van der Waals surface area contributed by atoms with Gasteiger partial charge >= 0.3 is 6.18 Å². The Morgan fingerprint density at radius 3 is 2.12 bits per heavy atom. The minimum absolute atomic E-state index is 0.0422. The Balaban J connectivity index is 1.96. The van der Waals surface area contributed by atoms with E-state index in [0.29, 0.717) is 17.7 Å². The normalized spacial score (nSPS) is 13.7. The summed E-state index contributed by atoms with van der Waals surface area (Å²) in [7, 11) is -3.93. The summed E-state index contributed by atoms with van der Waals surface area (Å²) in [5, 5.41) is 9.95. The number of nitrogens with one attached hydrogen (secondary N) is 1. The zero-order valence-electron chi connectivity index (χ0n) is 12.5. The minimum atomic E-state index is -4.52. The number of rotatable bonds is 6. The molecule has 130 valence electrons. The highest BCUT2D eigenvalue weighted by atomic mass is 32.2. The van der Waals surface area contributed by atoms with Crippen molar-refractivity contribution < 1.29 is 26.7 Å². The van der Waals surface area contributed by atoms with E-state index in [4.69, 9.17) is 0 Å². The molecule has 8 heteroatoms. The lowest BCUT2D eigenvalue weighted by molar-refractivity contribution is -0.137. The zero-order valence-corrected chi connectivity index (χ0v) is 13.3. The third-order valence-corrected chi connectivity index (χ3v) is 4.86. The fourth-order valence-electron chi connectivity index (χ4n) is 2.08. The molecule has 4 nitrogen and oxygen atoms in total. The van der Waals surface area contributed by atoms with Crippen LogP contribution in [0, 0.1) is 0 Å². The van der Waals surface area contributed by atoms with Crippen LogP contribution in [0.15, 0.2) is 59.5 Å². The topological polar surface area (TPSA) is 66.4 Å². The number of hydrogen-bond donors (Lipinski definition) is 2. The van der Waals surface area contributed by atoms with Gasteiger partial charge < -0.3 is 5.11 Å². The Hall–Kier alpha value is -1.90. The average molecular weight is 359 g/mol. The number of hydrogen-bond acceptors (Lipinski definition) is 3. The van der Waals surface area contributed by atoms with E-state index in [2.05, 4.69) is 4.72 Å². The van der Waals surface area contributed by atoms with Crippen LogP contribution >= 0.6 is 0 Å². The zero-order chi connectivity index (χ0) is 17.8. The Bertz CT molecular complexity index is 759. The number of aliphatic hydroxyl groups is 1. The summed E-state index contributed by atoms with van der Waals surface area (Å²) >= 11 is 0. The Morgan fingerprint density at radius 1 is 1.00 bits per heavy atom. The van der Waals surface area contributed by atoms with Gasteiger partial charge in [0.1, 0.15) is 0 Å². The van der Waals surface area contributed by atoms with Crippen molar-refractivity contribution in [3.05, 3.63) is 65.7 Å². The molecule has 2 N–H and O–H groups in total. The molecule has 0 aromatic heterocycles. The number of alkyl halides is 3. The Morgan fingerprint density at radius 2 is 1.58 bits per heavy atom.